The van der Waals surface area contributed by atoms with E-state index in [0.29, 0.717) is 13.0 Å². The highest BCUT2D eigenvalue weighted by molar-refractivity contribution is 6.02. The van der Waals surface area contributed by atoms with Gasteiger partial charge in [-0.2, -0.15) is 0 Å². The maximum Gasteiger partial charge on any atom is 0.573 e. The molecule has 0 saturated carbocycles. The molecule has 1 aromatic carbocycles. The Labute approximate surface area is 115 Å². The van der Waals surface area contributed by atoms with Gasteiger partial charge < -0.3 is 10.1 Å². The number of rotatable bonds is 3. The summed E-state index contributed by atoms with van der Waals surface area (Å²) in [7, 11) is 0. The average Bonchev–Trinajstić information content (AvgIpc) is 2.65. The highest BCUT2D eigenvalue weighted by Crippen LogP contribution is 2.27. The minimum atomic E-state index is -4.80. The number of para-hydroxylation sites is 1. The molecule has 110 valence electrons. The van der Waals surface area contributed by atoms with Crippen molar-refractivity contribution in [3.63, 3.8) is 0 Å². The first kappa shape index (κ1) is 14.8. The van der Waals surface area contributed by atoms with Gasteiger partial charge in [0.05, 0.1) is 11.6 Å². The van der Waals surface area contributed by atoms with Crippen LogP contribution in [0.3, 0.4) is 0 Å². The second-order valence-electron chi connectivity index (χ2n) is 4.76. The quantitative estimate of drug-likeness (QED) is 0.867. The summed E-state index contributed by atoms with van der Waals surface area (Å²) < 4.78 is 41.0. The fourth-order valence-electron chi connectivity index (χ4n) is 2.32. The van der Waals surface area contributed by atoms with Crippen LogP contribution in [0, 0.1) is 0 Å². The van der Waals surface area contributed by atoms with Gasteiger partial charge in [-0.3, -0.25) is 4.79 Å². The molecule has 1 aromatic rings. The number of carbonyl (C=O) groups excluding carboxylic acids is 1. The van der Waals surface area contributed by atoms with Gasteiger partial charge in [0.15, 0.2) is 5.78 Å². The van der Waals surface area contributed by atoms with Crippen molar-refractivity contribution in [2.24, 2.45) is 0 Å². The molecule has 1 aliphatic rings. The maximum absolute atomic E-state index is 12.3. The summed E-state index contributed by atoms with van der Waals surface area (Å²) in [4.78, 5) is 12.3. The Morgan fingerprint density at radius 1 is 1.20 bits per heavy atom. The van der Waals surface area contributed by atoms with E-state index in [1.807, 2.05) is 0 Å². The van der Waals surface area contributed by atoms with Crippen LogP contribution in [-0.2, 0) is 0 Å². The van der Waals surface area contributed by atoms with E-state index >= 15 is 0 Å². The van der Waals surface area contributed by atoms with Crippen molar-refractivity contribution in [1.82, 2.24) is 5.32 Å². The molecule has 1 N–H and O–H groups in total. The Hall–Kier alpha value is -1.56. The Kier molecular flexibility index (Phi) is 4.65. The van der Waals surface area contributed by atoms with Crippen LogP contribution in [0.15, 0.2) is 24.3 Å². The lowest BCUT2D eigenvalue weighted by molar-refractivity contribution is -0.274. The first-order valence-electron chi connectivity index (χ1n) is 6.60. The van der Waals surface area contributed by atoms with Crippen molar-refractivity contribution in [3.8, 4) is 5.75 Å². The molecule has 20 heavy (non-hydrogen) atoms. The first-order chi connectivity index (χ1) is 9.47. The fraction of sp³-hybridized carbons (Fsp3) is 0.500. The molecule has 0 aliphatic carbocycles. The van der Waals surface area contributed by atoms with Crippen LogP contribution in [-0.4, -0.2) is 24.7 Å². The fourth-order valence-corrected chi connectivity index (χ4v) is 2.32. The zero-order valence-electron chi connectivity index (χ0n) is 10.9. The standard InChI is InChI=1S/C14H16F3NO2/c15-14(16,17)20-12-8-4-3-6-10(12)13(19)11-7-2-1-5-9-18-11/h3-4,6,8,11,18H,1-2,5,7,9H2. The molecule has 1 fully saturated rings. The number of nitrogens with one attached hydrogen (secondary N) is 1. The summed E-state index contributed by atoms with van der Waals surface area (Å²) in [6.45, 7) is 0.707. The van der Waals surface area contributed by atoms with Crippen LogP contribution in [0.5, 0.6) is 5.75 Å². The van der Waals surface area contributed by atoms with Gasteiger partial charge in [0, 0.05) is 0 Å². The molecule has 1 saturated heterocycles. The van der Waals surface area contributed by atoms with E-state index in [2.05, 4.69) is 10.1 Å². The van der Waals surface area contributed by atoms with E-state index in [4.69, 9.17) is 0 Å². The van der Waals surface area contributed by atoms with Gasteiger partial charge in [-0.05, 0) is 31.5 Å². The van der Waals surface area contributed by atoms with E-state index in [9.17, 15) is 18.0 Å². The van der Waals surface area contributed by atoms with E-state index in [-0.39, 0.29) is 11.3 Å². The number of hydrogen-bond donors (Lipinski definition) is 1. The Morgan fingerprint density at radius 2 is 1.95 bits per heavy atom. The lowest BCUT2D eigenvalue weighted by atomic mass is 9.99. The molecule has 0 radical (unpaired) electrons. The molecule has 1 atom stereocenters. The SMILES string of the molecule is O=C(c1ccccc1OC(F)(F)F)C1CCCCCN1. The van der Waals surface area contributed by atoms with Crippen LogP contribution in [0.25, 0.3) is 0 Å². The number of ether oxygens (including phenoxy) is 1. The summed E-state index contributed by atoms with van der Waals surface area (Å²) in [5.41, 5.74) is -0.0239. The monoisotopic (exact) mass is 287 g/mol. The second-order valence-corrected chi connectivity index (χ2v) is 4.76. The molecular weight excluding hydrogens is 271 g/mol. The minimum Gasteiger partial charge on any atom is -0.405 e. The van der Waals surface area contributed by atoms with E-state index in [1.165, 1.54) is 18.2 Å². The van der Waals surface area contributed by atoms with Crippen molar-refractivity contribution >= 4 is 5.78 Å². The Balaban J connectivity index is 2.20. The van der Waals surface area contributed by atoms with Gasteiger partial charge in [0.1, 0.15) is 5.75 Å². The second kappa shape index (κ2) is 6.26. The molecule has 2 rings (SSSR count). The molecule has 0 aromatic heterocycles. The van der Waals surface area contributed by atoms with E-state index < -0.39 is 18.2 Å². The molecule has 6 heteroatoms. The molecule has 1 aliphatic heterocycles. The first-order valence-corrected chi connectivity index (χ1v) is 6.60. The van der Waals surface area contributed by atoms with E-state index in [0.717, 1.165) is 25.3 Å². The largest absolute Gasteiger partial charge is 0.573 e. The minimum absolute atomic E-state index is 0.0239. The third kappa shape index (κ3) is 3.96. The predicted molar refractivity (Wildman–Crippen MR) is 67.7 cm³/mol. The number of hydrogen-bond acceptors (Lipinski definition) is 3. The van der Waals surface area contributed by atoms with E-state index in [1.54, 1.807) is 0 Å². The number of halogens is 3. The molecule has 0 amide bonds. The van der Waals surface area contributed by atoms with Crippen molar-refractivity contribution in [3.05, 3.63) is 29.8 Å². The smallest absolute Gasteiger partial charge is 0.405 e. The zero-order chi connectivity index (χ0) is 14.6. The average molecular weight is 287 g/mol. The normalized spacial score (nSPS) is 20.2. The highest BCUT2D eigenvalue weighted by atomic mass is 19.4. The van der Waals surface area contributed by atoms with Gasteiger partial charge in [-0.1, -0.05) is 25.0 Å². The molecule has 3 nitrogen and oxygen atoms in total. The zero-order valence-corrected chi connectivity index (χ0v) is 10.9. The molecule has 1 heterocycles. The summed E-state index contributed by atoms with van der Waals surface area (Å²) in [6.07, 6.45) is -1.26. The third-order valence-corrected chi connectivity index (χ3v) is 3.26. The van der Waals surface area contributed by atoms with Gasteiger partial charge >= 0.3 is 6.36 Å². The number of alkyl halides is 3. The lowest BCUT2D eigenvalue weighted by Gasteiger charge is -2.17. The van der Waals surface area contributed by atoms with Gasteiger partial charge in [0.25, 0.3) is 0 Å². The molecule has 1 unspecified atom stereocenters. The Morgan fingerprint density at radius 3 is 2.70 bits per heavy atom. The predicted octanol–water partition coefficient (Wildman–Crippen LogP) is 3.30. The number of ketones is 1. The lowest BCUT2D eigenvalue weighted by Crippen LogP contribution is -2.36. The maximum atomic E-state index is 12.3. The number of benzene rings is 1. The summed E-state index contributed by atoms with van der Waals surface area (Å²) in [6, 6.07) is 5.05. The molecular formula is C14H16F3NO2. The van der Waals surface area contributed by atoms with Gasteiger partial charge in [-0.25, -0.2) is 0 Å². The van der Waals surface area contributed by atoms with Crippen molar-refractivity contribution in [1.29, 1.82) is 0 Å². The van der Waals surface area contributed by atoms with Crippen molar-refractivity contribution in [2.45, 2.75) is 38.1 Å². The van der Waals surface area contributed by atoms with Crippen molar-refractivity contribution in [2.75, 3.05) is 6.54 Å². The van der Waals surface area contributed by atoms with Gasteiger partial charge in [-0.15, -0.1) is 13.2 Å². The topological polar surface area (TPSA) is 38.3 Å². The summed E-state index contributed by atoms with van der Waals surface area (Å²) in [5.74, 6) is -0.775. The number of Topliss-reactive ketones (excluding diaryl/α,β-unsaturated/α-hetero) is 1. The highest BCUT2D eigenvalue weighted by Gasteiger charge is 2.33. The summed E-state index contributed by atoms with van der Waals surface area (Å²) >= 11 is 0. The molecule has 0 spiro atoms. The van der Waals surface area contributed by atoms with Crippen molar-refractivity contribution < 1.29 is 22.7 Å². The number of carbonyl (C=O) groups is 1. The van der Waals surface area contributed by atoms with Crippen LogP contribution in [0.4, 0.5) is 13.2 Å². The Bertz CT molecular complexity index is 466. The van der Waals surface area contributed by atoms with Crippen LogP contribution in [0.2, 0.25) is 0 Å². The third-order valence-electron chi connectivity index (χ3n) is 3.26. The van der Waals surface area contributed by atoms with Crippen LogP contribution in [0.1, 0.15) is 36.0 Å². The van der Waals surface area contributed by atoms with Crippen LogP contribution < -0.4 is 10.1 Å². The van der Waals surface area contributed by atoms with Gasteiger partial charge in [0.2, 0.25) is 0 Å². The van der Waals surface area contributed by atoms with Crippen LogP contribution >= 0.6 is 0 Å². The summed E-state index contributed by atoms with van der Waals surface area (Å²) in [5, 5.41) is 3.08. The molecule has 0 bridgehead atoms.